The van der Waals surface area contributed by atoms with Gasteiger partial charge in [-0.05, 0) is 52.5 Å². The van der Waals surface area contributed by atoms with E-state index in [1.54, 1.807) is 33.9 Å². The van der Waals surface area contributed by atoms with E-state index in [0.29, 0.717) is 11.4 Å². The molecule has 0 saturated carbocycles. The van der Waals surface area contributed by atoms with Gasteiger partial charge in [0.15, 0.2) is 0 Å². The molecule has 19 heteroatoms. The van der Waals surface area contributed by atoms with Gasteiger partial charge in [0.05, 0.1) is 75.4 Å². The van der Waals surface area contributed by atoms with Crippen LogP contribution in [0.2, 0.25) is 0 Å². The second-order valence-electron chi connectivity index (χ2n) is 17.4. The molecule has 3 unspecified atom stereocenters. The van der Waals surface area contributed by atoms with E-state index in [1.807, 2.05) is 36.4 Å². The van der Waals surface area contributed by atoms with Crippen molar-refractivity contribution in [2.24, 2.45) is 11.8 Å². The van der Waals surface area contributed by atoms with Crippen molar-refractivity contribution in [1.82, 2.24) is 40.4 Å². The predicted molar refractivity (Wildman–Crippen MR) is 219 cm³/mol. The zero-order valence-electron chi connectivity index (χ0n) is 35.6. The molecule has 3 saturated heterocycles. The molecular formula is C44H50F4N8O7. The Labute approximate surface area is 360 Å². The van der Waals surface area contributed by atoms with Crippen LogP contribution in [0.15, 0.2) is 48.8 Å². The van der Waals surface area contributed by atoms with Crippen molar-refractivity contribution in [3.63, 3.8) is 0 Å². The van der Waals surface area contributed by atoms with Crippen molar-refractivity contribution in [3.05, 3.63) is 71.6 Å². The molecule has 2 aromatic heterocycles. The minimum Gasteiger partial charge on any atom is -0.453 e. The van der Waals surface area contributed by atoms with Gasteiger partial charge in [0, 0.05) is 18.4 Å². The maximum atomic E-state index is 15.0. The number of likely N-dealkylation sites (tertiary alicyclic amines) is 2. The number of imidazole rings is 2. The monoisotopic (exact) mass is 878 g/mol. The maximum Gasteiger partial charge on any atom is 0.407 e. The lowest BCUT2D eigenvalue weighted by molar-refractivity contribution is -0.137. The Bertz CT molecular complexity index is 2400. The molecule has 3 fully saturated rings. The van der Waals surface area contributed by atoms with Gasteiger partial charge in [-0.15, -0.1) is 0 Å². The predicted octanol–water partition coefficient (Wildman–Crippen LogP) is 7.62. The standard InChI is InChI=1S/C44H50F4N8O7/c1-21(2)35(53-41(59)61-5)39(57)55-19-43(45,46)15-29(55)37-49-17-27(51-37)24-9-7-23(8-10-24)25-11-12-26(34-32-14-13-31(63-32)33(25)34)28-18-50-38(52-28)30-16-44(47,48)20-56(30)40(58)36(22(3)4)54-42(60)62-6/h7-12,17-18,21-22,29-32,35-36H,13-16,19-20H2,1-6H3,(H,49,51)(H,50,52)(H,53,59)(H,54,60)/t29?,30-,31?,32?,35-,36-/m0/s1. The van der Waals surface area contributed by atoms with Crippen molar-refractivity contribution in [1.29, 1.82) is 0 Å². The van der Waals surface area contributed by atoms with Crippen LogP contribution >= 0.6 is 0 Å². The fourth-order valence-electron chi connectivity index (χ4n) is 9.35. The first kappa shape index (κ1) is 43.7. The van der Waals surface area contributed by atoms with E-state index in [4.69, 9.17) is 4.74 Å². The number of rotatable bonds is 11. The van der Waals surface area contributed by atoms with E-state index in [-0.39, 0.29) is 23.9 Å². The second kappa shape index (κ2) is 16.6. The number of halogens is 4. The zero-order chi connectivity index (χ0) is 45.1. The zero-order valence-corrected chi connectivity index (χ0v) is 35.6. The summed E-state index contributed by atoms with van der Waals surface area (Å²) >= 11 is 0. The Morgan fingerprint density at radius 1 is 0.683 bits per heavy atom. The summed E-state index contributed by atoms with van der Waals surface area (Å²) in [6.07, 6.45) is 1.43. The van der Waals surface area contributed by atoms with Gasteiger partial charge >= 0.3 is 12.2 Å². The number of amides is 4. The quantitative estimate of drug-likeness (QED) is 0.110. The third-order valence-electron chi connectivity index (χ3n) is 12.5. The average molecular weight is 879 g/mol. The van der Waals surface area contributed by atoms with Gasteiger partial charge in [-0.1, -0.05) is 64.1 Å². The Morgan fingerprint density at radius 3 is 1.59 bits per heavy atom. The van der Waals surface area contributed by atoms with Crippen molar-refractivity contribution >= 4 is 24.0 Å². The number of H-pyrrole nitrogens is 2. The number of hydrogen-bond acceptors (Lipinski definition) is 9. The van der Waals surface area contributed by atoms with Crippen LogP contribution < -0.4 is 10.6 Å². The largest absolute Gasteiger partial charge is 0.453 e. The number of aromatic nitrogens is 4. The third-order valence-corrected chi connectivity index (χ3v) is 12.5. The minimum atomic E-state index is -3.18. The highest BCUT2D eigenvalue weighted by Crippen LogP contribution is 2.56. The van der Waals surface area contributed by atoms with Gasteiger partial charge in [-0.25, -0.2) is 37.1 Å². The number of hydrogen-bond donors (Lipinski definition) is 4. The average Bonchev–Trinajstić information content (AvgIpc) is 4.12. The lowest BCUT2D eigenvalue weighted by Crippen LogP contribution is -2.51. The number of ether oxygens (including phenoxy) is 3. The minimum absolute atomic E-state index is 0.164. The van der Waals surface area contributed by atoms with Gasteiger partial charge in [0.1, 0.15) is 23.7 Å². The number of nitrogens with zero attached hydrogens (tertiary/aromatic N) is 4. The lowest BCUT2D eigenvalue weighted by atomic mass is 9.82. The summed E-state index contributed by atoms with van der Waals surface area (Å²) < 4.78 is 75.6. The molecule has 6 atom stereocenters. The van der Waals surface area contributed by atoms with Crippen LogP contribution in [0.25, 0.3) is 33.6 Å². The first-order valence-electron chi connectivity index (χ1n) is 21.0. The fraction of sp³-hybridized carbons (Fsp3) is 0.500. The fourth-order valence-corrected chi connectivity index (χ4v) is 9.35. The van der Waals surface area contributed by atoms with Crippen molar-refractivity contribution < 1.29 is 51.0 Å². The highest BCUT2D eigenvalue weighted by Gasteiger charge is 2.52. The number of fused-ring (bicyclic) bond motifs is 5. The van der Waals surface area contributed by atoms with E-state index in [2.05, 4.69) is 40.0 Å². The van der Waals surface area contributed by atoms with Crippen LogP contribution in [0.1, 0.15) is 100 Å². The summed E-state index contributed by atoms with van der Waals surface area (Å²) in [6, 6.07) is 7.30. The van der Waals surface area contributed by atoms with Crippen LogP contribution in [0.4, 0.5) is 27.2 Å². The lowest BCUT2D eigenvalue weighted by Gasteiger charge is -2.29. The van der Waals surface area contributed by atoms with Crippen LogP contribution in [0.3, 0.4) is 0 Å². The third kappa shape index (κ3) is 8.34. The summed E-state index contributed by atoms with van der Waals surface area (Å²) in [6.45, 7) is 5.17. The van der Waals surface area contributed by atoms with E-state index in [0.717, 1.165) is 70.2 Å². The summed E-state index contributed by atoms with van der Waals surface area (Å²) in [5, 5.41) is 4.95. The highest BCUT2D eigenvalue weighted by atomic mass is 19.3. The number of alkyl carbamates (subject to hydrolysis) is 2. The van der Waals surface area contributed by atoms with E-state index in [9.17, 15) is 28.0 Å². The van der Waals surface area contributed by atoms with E-state index >= 15 is 8.78 Å². The number of carbonyl (C=O) groups is 4. The van der Waals surface area contributed by atoms with Gasteiger partial charge < -0.3 is 44.6 Å². The Morgan fingerprint density at radius 2 is 1.11 bits per heavy atom. The smallest absolute Gasteiger partial charge is 0.407 e. The Balaban J connectivity index is 1.04. The molecule has 2 bridgehead atoms. The summed E-state index contributed by atoms with van der Waals surface area (Å²) in [5.41, 5.74) is 6.52. The molecule has 0 spiro atoms. The van der Waals surface area contributed by atoms with Gasteiger partial charge in [0.2, 0.25) is 11.8 Å². The molecule has 8 rings (SSSR count). The molecule has 4 aromatic rings. The first-order chi connectivity index (χ1) is 29.9. The maximum absolute atomic E-state index is 15.0. The number of nitrogens with one attached hydrogen (secondary N) is 4. The summed E-state index contributed by atoms with van der Waals surface area (Å²) in [4.78, 5) is 68.8. The van der Waals surface area contributed by atoms with Crippen LogP contribution in [-0.2, 0) is 23.8 Å². The second-order valence-corrected chi connectivity index (χ2v) is 17.4. The molecule has 15 nitrogen and oxygen atoms in total. The molecule has 0 radical (unpaired) electrons. The Kier molecular flexibility index (Phi) is 11.5. The van der Waals surface area contributed by atoms with Crippen molar-refractivity contribution in [2.45, 2.75) is 102 Å². The van der Waals surface area contributed by atoms with Crippen molar-refractivity contribution in [2.75, 3.05) is 27.3 Å². The summed E-state index contributed by atoms with van der Waals surface area (Å²) in [7, 11) is 2.32. The van der Waals surface area contributed by atoms with Crippen LogP contribution in [0.5, 0.6) is 0 Å². The molecule has 4 N–H and O–H groups in total. The molecule has 4 aliphatic heterocycles. The first-order valence-corrected chi connectivity index (χ1v) is 21.0. The molecule has 0 aliphatic carbocycles. The number of aromatic amines is 2. The van der Waals surface area contributed by atoms with E-state index in [1.165, 1.54) is 6.20 Å². The SMILES string of the molecule is COC(=O)N[C@H](C(=O)N1CC(F)(F)CC1c1ncc(-c2ccc(-c3ccc(-c4cnc([C@@H]5CC(F)(F)CN5C(=O)[C@@H](NC(=O)OC)C(C)C)[nH]4)c4c3C3CCC4O3)cc2)[nH]1)C(C)C. The van der Waals surface area contributed by atoms with Gasteiger partial charge in [0.25, 0.3) is 11.8 Å². The normalized spacial score (nSPS) is 22.9. The number of alkyl halides is 4. The summed E-state index contributed by atoms with van der Waals surface area (Å²) in [5.74, 6) is -8.07. The molecule has 4 aliphatic rings. The molecule has 6 heterocycles. The van der Waals surface area contributed by atoms with E-state index < -0.39 is 97.8 Å². The molecular weight excluding hydrogens is 829 g/mol. The Hall–Kier alpha value is -5.98. The number of methoxy groups -OCH3 is 2. The molecule has 336 valence electrons. The topological polar surface area (TPSA) is 184 Å². The molecule has 63 heavy (non-hydrogen) atoms. The molecule has 4 amide bonds. The highest BCUT2D eigenvalue weighted by molar-refractivity contribution is 5.87. The van der Waals surface area contributed by atoms with Crippen LogP contribution in [-0.4, -0.2) is 105 Å². The van der Waals surface area contributed by atoms with Gasteiger partial charge in [-0.2, -0.15) is 0 Å². The molecule has 2 aromatic carbocycles. The van der Waals surface area contributed by atoms with Crippen molar-refractivity contribution in [3.8, 4) is 33.6 Å². The number of benzene rings is 2. The van der Waals surface area contributed by atoms with Crippen LogP contribution in [0, 0.1) is 11.8 Å². The number of carbonyl (C=O) groups excluding carboxylic acids is 4. The van der Waals surface area contributed by atoms with Gasteiger partial charge in [-0.3, -0.25) is 9.59 Å².